The lowest BCUT2D eigenvalue weighted by molar-refractivity contribution is -0.116. The van der Waals surface area contributed by atoms with E-state index >= 15 is 0 Å². The van der Waals surface area contributed by atoms with E-state index in [2.05, 4.69) is 29.3 Å². The number of amides is 1. The third-order valence-electron chi connectivity index (χ3n) is 4.70. The zero-order chi connectivity index (χ0) is 14.1. The first kappa shape index (κ1) is 13.4. The number of hydrogen-bond acceptors (Lipinski definition) is 3. The summed E-state index contributed by atoms with van der Waals surface area (Å²) in [6, 6.07) is 5.67. The predicted molar refractivity (Wildman–Crippen MR) is 81.8 cm³/mol. The maximum atomic E-state index is 11.6. The fraction of sp³-hybridized carbons (Fsp3) is 0.562. The summed E-state index contributed by atoms with van der Waals surface area (Å²) in [5.41, 5.74) is 8.86. The fourth-order valence-electron chi connectivity index (χ4n) is 3.30. The average molecular weight is 273 g/mol. The van der Waals surface area contributed by atoms with E-state index in [1.807, 2.05) is 6.07 Å². The van der Waals surface area contributed by atoms with Gasteiger partial charge in [-0.1, -0.05) is 19.4 Å². The van der Waals surface area contributed by atoms with Crippen LogP contribution in [0.15, 0.2) is 18.2 Å². The van der Waals surface area contributed by atoms with Gasteiger partial charge in [0, 0.05) is 30.0 Å². The van der Waals surface area contributed by atoms with Gasteiger partial charge in [0.05, 0.1) is 0 Å². The lowest BCUT2D eigenvalue weighted by atomic mass is 9.98. The topological polar surface area (TPSA) is 58.4 Å². The van der Waals surface area contributed by atoms with Crippen LogP contribution in [0.3, 0.4) is 0 Å². The van der Waals surface area contributed by atoms with Crippen LogP contribution in [0, 0.1) is 5.92 Å². The summed E-state index contributed by atoms with van der Waals surface area (Å²) in [6.45, 7) is 4.50. The molecule has 1 saturated heterocycles. The minimum atomic E-state index is -0.507. The molecule has 20 heavy (non-hydrogen) atoms. The molecule has 0 aromatic heterocycles. The highest BCUT2D eigenvalue weighted by atomic mass is 16.2. The van der Waals surface area contributed by atoms with E-state index in [4.69, 9.17) is 5.73 Å². The van der Waals surface area contributed by atoms with Crippen molar-refractivity contribution >= 4 is 17.3 Å². The minimum Gasteiger partial charge on any atom is -0.371 e. The van der Waals surface area contributed by atoms with Crippen LogP contribution in [0.1, 0.15) is 44.2 Å². The lowest BCUT2D eigenvalue weighted by Gasteiger charge is -2.23. The monoisotopic (exact) mass is 273 g/mol. The average Bonchev–Trinajstić information content (AvgIpc) is 2.66. The van der Waals surface area contributed by atoms with Crippen LogP contribution in [0.5, 0.6) is 0 Å². The van der Waals surface area contributed by atoms with E-state index in [0.717, 1.165) is 30.3 Å². The van der Waals surface area contributed by atoms with Crippen molar-refractivity contribution in [2.75, 3.05) is 23.3 Å². The Bertz CT molecular complexity index is 514. The van der Waals surface area contributed by atoms with Crippen LogP contribution in [0.4, 0.5) is 11.4 Å². The van der Waals surface area contributed by atoms with E-state index in [0.29, 0.717) is 0 Å². The summed E-state index contributed by atoms with van der Waals surface area (Å²) in [6.07, 6.45) is 5.13. The molecule has 0 bridgehead atoms. The van der Waals surface area contributed by atoms with Gasteiger partial charge in [0.25, 0.3) is 0 Å². The lowest BCUT2D eigenvalue weighted by Crippen LogP contribution is -2.24. The second-order valence-electron chi connectivity index (χ2n) is 5.93. The molecule has 2 atom stereocenters. The van der Waals surface area contributed by atoms with Crippen LogP contribution < -0.4 is 16.0 Å². The van der Waals surface area contributed by atoms with Gasteiger partial charge in [-0.25, -0.2) is 0 Å². The smallest absolute Gasteiger partial charge is 0.245 e. The number of hydrogen-bond donors (Lipinski definition) is 2. The Hall–Kier alpha value is -1.55. The Morgan fingerprint density at radius 2 is 2.20 bits per heavy atom. The highest BCUT2D eigenvalue weighted by Crippen LogP contribution is 2.34. The molecule has 0 saturated carbocycles. The number of benzene rings is 1. The highest BCUT2D eigenvalue weighted by Gasteiger charge is 2.27. The Labute approximate surface area is 120 Å². The summed E-state index contributed by atoms with van der Waals surface area (Å²) >= 11 is 0. The molecule has 2 aliphatic rings. The van der Waals surface area contributed by atoms with Crippen molar-refractivity contribution in [3.05, 3.63) is 23.8 Å². The number of nitrogens with zero attached hydrogens (tertiary/aromatic N) is 1. The van der Waals surface area contributed by atoms with Gasteiger partial charge in [-0.05, 0) is 37.3 Å². The number of carbonyl (C=O) groups excluding carboxylic acids is 1. The first-order valence-electron chi connectivity index (χ1n) is 7.64. The summed E-state index contributed by atoms with van der Waals surface area (Å²) in [5.74, 6) is 0.765. The third kappa shape index (κ3) is 2.40. The second kappa shape index (κ2) is 5.44. The molecule has 3 N–H and O–H groups in total. The molecule has 1 fully saturated rings. The molecule has 1 aromatic rings. The predicted octanol–water partition coefficient (Wildman–Crippen LogP) is 2.66. The molecule has 2 aliphatic heterocycles. The minimum absolute atomic E-state index is 0.0981. The van der Waals surface area contributed by atoms with Gasteiger partial charge in [0.1, 0.15) is 6.04 Å². The van der Waals surface area contributed by atoms with E-state index < -0.39 is 6.04 Å². The third-order valence-corrected chi connectivity index (χ3v) is 4.70. The summed E-state index contributed by atoms with van der Waals surface area (Å²) in [5, 5.41) is 2.87. The van der Waals surface area contributed by atoms with Gasteiger partial charge in [-0.15, -0.1) is 0 Å². The van der Waals surface area contributed by atoms with Crippen LogP contribution >= 0.6 is 0 Å². The molecular formula is C16H23N3O. The van der Waals surface area contributed by atoms with Crippen molar-refractivity contribution in [2.24, 2.45) is 11.7 Å². The summed E-state index contributed by atoms with van der Waals surface area (Å²) in [4.78, 5) is 14.0. The molecule has 3 rings (SSSR count). The molecule has 0 spiro atoms. The quantitative estimate of drug-likeness (QED) is 0.871. The first-order valence-corrected chi connectivity index (χ1v) is 7.64. The Morgan fingerprint density at radius 3 is 3.00 bits per heavy atom. The molecule has 1 aromatic carbocycles. The largest absolute Gasteiger partial charge is 0.371 e. The van der Waals surface area contributed by atoms with Crippen LogP contribution in [-0.2, 0) is 4.79 Å². The van der Waals surface area contributed by atoms with Crippen molar-refractivity contribution in [3.63, 3.8) is 0 Å². The normalized spacial score (nSPS) is 26.1. The molecule has 108 valence electrons. The molecule has 1 amide bonds. The molecule has 0 radical (unpaired) electrons. The first-order chi connectivity index (χ1) is 9.69. The number of rotatable bonds is 2. The van der Waals surface area contributed by atoms with Crippen molar-refractivity contribution < 1.29 is 4.79 Å². The number of nitrogens with one attached hydrogen (secondary N) is 1. The Balaban J connectivity index is 1.78. The van der Waals surface area contributed by atoms with Gasteiger partial charge < -0.3 is 16.0 Å². The SMILES string of the molecule is CCC1CCCN(c2ccc3c(c2)NC(=O)C3N)CC1. The fourth-order valence-corrected chi connectivity index (χ4v) is 3.30. The van der Waals surface area contributed by atoms with E-state index in [1.165, 1.54) is 31.4 Å². The molecule has 4 nitrogen and oxygen atoms in total. The molecule has 0 aliphatic carbocycles. The van der Waals surface area contributed by atoms with Gasteiger partial charge in [-0.2, -0.15) is 0 Å². The van der Waals surface area contributed by atoms with Crippen LogP contribution in [0.2, 0.25) is 0 Å². The summed E-state index contributed by atoms with van der Waals surface area (Å²) in [7, 11) is 0. The maximum absolute atomic E-state index is 11.6. The van der Waals surface area contributed by atoms with Gasteiger partial charge in [0.15, 0.2) is 0 Å². The van der Waals surface area contributed by atoms with Crippen LogP contribution in [0.25, 0.3) is 0 Å². The maximum Gasteiger partial charge on any atom is 0.245 e. The van der Waals surface area contributed by atoms with Gasteiger partial charge >= 0.3 is 0 Å². The molecule has 4 heteroatoms. The van der Waals surface area contributed by atoms with Crippen molar-refractivity contribution in [1.82, 2.24) is 0 Å². The van der Waals surface area contributed by atoms with Crippen LogP contribution in [-0.4, -0.2) is 19.0 Å². The molecule has 2 heterocycles. The van der Waals surface area contributed by atoms with E-state index in [9.17, 15) is 4.79 Å². The van der Waals surface area contributed by atoms with Gasteiger partial charge in [-0.3, -0.25) is 4.79 Å². The Morgan fingerprint density at radius 1 is 1.35 bits per heavy atom. The van der Waals surface area contributed by atoms with Gasteiger partial charge in [0.2, 0.25) is 5.91 Å². The van der Waals surface area contributed by atoms with Crippen molar-refractivity contribution in [3.8, 4) is 0 Å². The Kier molecular flexibility index (Phi) is 3.66. The number of nitrogens with two attached hydrogens (primary N) is 1. The van der Waals surface area contributed by atoms with Crippen molar-refractivity contribution in [1.29, 1.82) is 0 Å². The standard InChI is InChI=1S/C16H23N3O/c1-2-11-4-3-8-19(9-7-11)12-5-6-13-14(10-12)18-16(20)15(13)17/h5-6,10-11,15H,2-4,7-9,17H2,1H3,(H,18,20). The highest BCUT2D eigenvalue weighted by molar-refractivity contribution is 6.02. The molecular weight excluding hydrogens is 250 g/mol. The number of fused-ring (bicyclic) bond motifs is 1. The zero-order valence-corrected chi connectivity index (χ0v) is 12.1. The second-order valence-corrected chi connectivity index (χ2v) is 5.93. The molecule has 2 unspecified atom stereocenters. The zero-order valence-electron chi connectivity index (χ0n) is 12.1. The summed E-state index contributed by atoms with van der Waals surface area (Å²) < 4.78 is 0. The van der Waals surface area contributed by atoms with E-state index in [1.54, 1.807) is 0 Å². The number of anilines is 2. The van der Waals surface area contributed by atoms with Crippen molar-refractivity contribution in [2.45, 2.75) is 38.6 Å². The number of carbonyl (C=O) groups is 1. The van der Waals surface area contributed by atoms with E-state index in [-0.39, 0.29) is 5.91 Å².